The van der Waals surface area contributed by atoms with Crippen LogP contribution in [-0.4, -0.2) is 23.0 Å². The minimum Gasteiger partial charge on any atom is -0.464 e. The zero-order valence-corrected chi connectivity index (χ0v) is 8.56. The zero-order valence-electron chi connectivity index (χ0n) is 8.56. The summed E-state index contributed by atoms with van der Waals surface area (Å²) < 4.78 is 4.66. The number of rotatable bonds is 3. The van der Waals surface area contributed by atoms with Gasteiger partial charge in [-0.2, -0.15) is 0 Å². The van der Waals surface area contributed by atoms with Gasteiger partial charge in [-0.3, -0.25) is 0 Å². The van der Waals surface area contributed by atoms with Crippen LogP contribution in [-0.2, 0) is 4.74 Å². The second-order valence-electron chi connectivity index (χ2n) is 3.50. The van der Waals surface area contributed by atoms with Crippen LogP contribution < -0.4 is 0 Å². The van der Waals surface area contributed by atoms with E-state index in [4.69, 9.17) is 0 Å². The second-order valence-corrected chi connectivity index (χ2v) is 3.50. The topological polar surface area (TPSA) is 52.1 Å². The van der Waals surface area contributed by atoms with E-state index in [0.29, 0.717) is 17.2 Å². The third kappa shape index (κ3) is 1.88. The Labute approximate surface area is 88.0 Å². The van der Waals surface area contributed by atoms with Gasteiger partial charge in [-0.25, -0.2) is 14.8 Å². The summed E-state index contributed by atoms with van der Waals surface area (Å²) >= 11 is 0. The molecule has 0 N–H and O–H groups in total. The number of esters is 1. The molecule has 0 unspecified atom stereocenters. The monoisotopic (exact) mass is 204 g/mol. The van der Waals surface area contributed by atoms with Crippen LogP contribution in [0.5, 0.6) is 0 Å². The van der Waals surface area contributed by atoms with Gasteiger partial charge in [0.15, 0.2) is 5.69 Å². The minimum absolute atomic E-state index is 0.310. The quantitative estimate of drug-likeness (QED) is 0.704. The Morgan fingerprint density at radius 2 is 2.40 bits per heavy atom. The maximum atomic E-state index is 11.4. The molecule has 0 spiro atoms. The van der Waals surface area contributed by atoms with E-state index in [1.807, 2.05) is 0 Å². The fraction of sp³-hybridized carbons (Fsp3) is 0.364. The number of methoxy groups -OCH3 is 1. The molecule has 0 radical (unpaired) electrons. The van der Waals surface area contributed by atoms with Crippen molar-refractivity contribution in [1.29, 1.82) is 0 Å². The Bertz CT molecular complexity index is 411. The highest BCUT2D eigenvalue weighted by Gasteiger charge is 2.28. The lowest BCUT2D eigenvalue weighted by molar-refractivity contribution is 0.0593. The maximum Gasteiger partial charge on any atom is 0.357 e. The fourth-order valence-corrected chi connectivity index (χ4v) is 1.35. The third-order valence-corrected chi connectivity index (χ3v) is 2.38. The van der Waals surface area contributed by atoms with Crippen molar-refractivity contribution in [1.82, 2.24) is 9.97 Å². The molecule has 78 valence electrons. The normalized spacial score (nSPS) is 14.7. The van der Waals surface area contributed by atoms with Crippen LogP contribution in [0.3, 0.4) is 0 Å². The first kappa shape index (κ1) is 9.83. The van der Waals surface area contributed by atoms with E-state index in [1.54, 1.807) is 12.3 Å². The zero-order chi connectivity index (χ0) is 10.8. The first-order valence-electron chi connectivity index (χ1n) is 4.84. The van der Waals surface area contributed by atoms with E-state index >= 15 is 0 Å². The lowest BCUT2D eigenvalue weighted by Gasteiger charge is -2.04. The van der Waals surface area contributed by atoms with Gasteiger partial charge in [0.1, 0.15) is 5.82 Å². The van der Waals surface area contributed by atoms with Crippen molar-refractivity contribution >= 4 is 12.0 Å². The Morgan fingerprint density at radius 1 is 1.67 bits per heavy atom. The summed E-state index contributed by atoms with van der Waals surface area (Å²) in [5, 5.41) is 0. The van der Waals surface area contributed by atoms with Crippen molar-refractivity contribution in [2.24, 2.45) is 0 Å². The van der Waals surface area contributed by atoms with Crippen LogP contribution >= 0.6 is 0 Å². The molecule has 1 aromatic heterocycles. The molecule has 1 aromatic rings. The molecule has 0 bridgehead atoms. The highest BCUT2D eigenvalue weighted by molar-refractivity contribution is 5.91. The minimum atomic E-state index is -0.436. The molecule has 0 amide bonds. The van der Waals surface area contributed by atoms with E-state index < -0.39 is 5.97 Å². The molecule has 1 heterocycles. The summed E-state index contributed by atoms with van der Waals surface area (Å²) in [7, 11) is 1.34. The van der Waals surface area contributed by atoms with Crippen molar-refractivity contribution in [3.8, 4) is 0 Å². The molecular formula is C11H12N2O2. The molecule has 0 saturated heterocycles. The molecule has 0 atom stereocenters. The van der Waals surface area contributed by atoms with E-state index in [2.05, 4.69) is 21.3 Å². The Hall–Kier alpha value is -1.71. The average Bonchev–Trinajstić information content (AvgIpc) is 3.11. The summed E-state index contributed by atoms with van der Waals surface area (Å²) in [6.07, 6.45) is 5.39. The van der Waals surface area contributed by atoms with Gasteiger partial charge in [0.25, 0.3) is 0 Å². The molecule has 4 heteroatoms. The SMILES string of the molecule is C=Cc1cnc(C2CC2)nc1C(=O)OC. The van der Waals surface area contributed by atoms with E-state index in [9.17, 15) is 4.79 Å². The average molecular weight is 204 g/mol. The van der Waals surface area contributed by atoms with Crippen molar-refractivity contribution in [3.05, 3.63) is 29.9 Å². The van der Waals surface area contributed by atoms with Gasteiger partial charge >= 0.3 is 5.97 Å². The molecule has 0 aromatic carbocycles. The van der Waals surface area contributed by atoms with E-state index in [-0.39, 0.29) is 0 Å². The smallest absolute Gasteiger partial charge is 0.357 e. The molecule has 1 fully saturated rings. The molecule has 1 saturated carbocycles. The van der Waals surface area contributed by atoms with Crippen molar-refractivity contribution in [2.45, 2.75) is 18.8 Å². The van der Waals surface area contributed by atoms with E-state index in [0.717, 1.165) is 18.7 Å². The van der Waals surface area contributed by atoms with Crippen LogP contribution in [0, 0.1) is 0 Å². The summed E-state index contributed by atoms with van der Waals surface area (Å²) in [6, 6.07) is 0. The molecule has 0 aliphatic heterocycles. The summed E-state index contributed by atoms with van der Waals surface area (Å²) in [5.74, 6) is 0.725. The van der Waals surface area contributed by atoms with Gasteiger partial charge in [0.2, 0.25) is 0 Å². The van der Waals surface area contributed by atoms with Gasteiger partial charge in [0.05, 0.1) is 7.11 Å². The fourth-order valence-electron chi connectivity index (χ4n) is 1.35. The predicted molar refractivity (Wildman–Crippen MR) is 55.4 cm³/mol. The summed E-state index contributed by atoms with van der Waals surface area (Å²) in [5.41, 5.74) is 0.927. The second kappa shape index (κ2) is 3.81. The van der Waals surface area contributed by atoms with E-state index in [1.165, 1.54) is 7.11 Å². The molecule has 1 aliphatic rings. The van der Waals surface area contributed by atoms with Crippen LogP contribution in [0.15, 0.2) is 12.8 Å². The van der Waals surface area contributed by atoms with Crippen LogP contribution in [0.2, 0.25) is 0 Å². The number of carbonyl (C=O) groups is 1. The molecule has 2 rings (SSSR count). The van der Waals surface area contributed by atoms with Crippen LogP contribution in [0.1, 0.15) is 40.6 Å². The van der Waals surface area contributed by atoms with Gasteiger partial charge in [-0.05, 0) is 12.8 Å². The van der Waals surface area contributed by atoms with Crippen LogP contribution in [0.25, 0.3) is 6.08 Å². The number of hydrogen-bond acceptors (Lipinski definition) is 4. The number of nitrogens with zero attached hydrogens (tertiary/aromatic N) is 2. The summed E-state index contributed by atoms with van der Waals surface area (Å²) in [6.45, 7) is 3.61. The highest BCUT2D eigenvalue weighted by Crippen LogP contribution is 2.38. The summed E-state index contributed by atoms with van der Waals surface area (Å²) in [4.78, 5) is 19.8. The highest BCUT2D eigenvalue weighted by atomic mass is 16.5. The number of carbonyl (C=O) groups excluding carboxylic acids is 1. The number of aromatic nitrogens is 2. The third-order valence-electron chi connectivity index (χ3n) is 2.38. The number of hydrogen-bond donors (Lipinski definition) is 0. The molecule has 15 heavy (non-hydrogen) atoms. The Balaban J connectivity index is 2.41. The van der Waals surface area contributed by atoms with Crippen molar-refractivity contribution in [3.63, 3.8) is 0 Å². The predicted octanol–water partition coefficient (Wildman–Crippen LogP) is 1.78. The molecular weight excluding hydrogens is 192 g/mol. The lowest BCUT2D eigenvalue weighted by atomic mass is 10.2. The maximum absolute atomic E-state index is 11.4. The van der Waals surface area contributed by atoms with Gasteiger partial charge < -0.3 is 4.74 Å². The van der Waals surface area contributed by atoms with Gasteiger partial charge in [-0.15, -0.1) is 0 Å². The lowest BCUT2D eigenvalue weighted by Crippen LogP contribution is -2.09. The largest absolute Gasteiger partial charge is 0.464 e. The first-order valence-corrected chi connectivity index (χ1v) is 4.84. The number of ether oxygens (including phenoxy) is 1. The van der Waals surface area contributed by atoms with Crippen molar-refractivity contribution < 1.29 is 9.53 Å². The Morgan fingerprint density at radius 3 is 2.93 bits per heavy atom. The van der Waals surface area contributed by atoms with Crippen LogP contribution in [0.4, 0.5) is 0 Å². The van der Waals surface area contributed by atoms with Crippen molar-refractivity contribution in [2.75, 3.05) is 7.11 Å². The van der Waals surface area contributed by atoms with Gasteiger partial charge in [-0.1, -0.05) is 12.7 Å². The molecule has 1 aliphatic carbocycles. The first-order chi connectivity index (χ1) is 7.26. The molecule has 4 nitrogen and oxygen atoms in total. The Kier molecular flexibility index (Phi) is 2.49. The standard InChI is InChI=1S/C11H12N2O2/c1-3-7-6-12-10(8-4-5-8)13-9(7)11(14)15-2/h3,6,8H,1,4-5H2,2H3. The van der Waals surface area contributed by atoms with Gasteiger partial charge in [0, 0.05) is 17.7 Å².